The van der Waals surface area contributed by atoms with E-state index in [2.05, 4.69) is 39.1 Å². The monoisotopic (exact) mass is 290 g/mol. The maximum Gasteiger partial charge on any atom is 0.338 e. The average molecular weight is 290 g/mol. The molecule has 0 radical (unpaired) electrons. The highest BCUT2D eigenvalue weighted by atomic mass is 16.4. The van der Waals surface area contributed by atoms with Crippen LogP contribution < -0.4 is 5.56 Å². The van der Waals surface area contributed by atoms with E-state index in [1.165, 1.54) is 29.7 Å². The number of carbonyl (C=O) groups is 1. The first-order valence-corrected chi connectivity index (χ1v) is 6.28. The van der Waals surface area contributed by atoms with Crippen molar-refractivity contribution in [2.75, 3.05) is 0 Å². The van der Waals surface area contributed by atoms with Gasteiger partial charge in [-0.2, -0.15) is 10.2 Å². The van der Waals surface area contributed by atoms with E-state index in [0.29, 0.717) is 5.52 Å². The molecule has 0 unspecified atom stereocenters. The third-order valence-electron chi connectivity index (χ3n) is 2.34. The van der Waals surface area contributed by atoms with Gasteiger partial charge in [-0.15, -0.1) is 0 Å². The van der Waals surface area contributed by atoms with E-state index in [0.717, 1.165) is 0 Å². The normalized spacial score (nSPS) is 10.2. The first-order chi connectivity index (χ1) is 10.1. The van der Waals surface area contributed by atoms with Gasteiger partial charge in [-0.25, -0.2) is 14.5 Å². The predicted molar refractivity (Wildman–Crippen MR) is 74.6 cm³/mol. The summed E-state index contributed by atoms with van der Waals surface area (Å²) in [5, 5.41) is 18.8. The number of aromatic amines is 2. The van der Waals surface area contributed by atoms with Gasteiger partial charge in [0.05, 0.1) is 18.0 Å². The van der Waals surface area contributed by atoms with E-state index in [1.807, 2.05) is 0 Å². The molecule has 3 aromatic rings. The van der Waals surface area contributed by atoms with E-state index < -0.39 is 11.5 Å². The minimum absolute atomic E-state index is 0.00457. The summed E-state index contributed by atoms with van der Waals surface area (Å²) in [5.41, 5.74) is 0.232. The molecule has 3 rings (SSSR count). The number of carboxylic acid groups (broad SMARTS) is 1. The van der Waals surface area contributed by atoms with Crippen LogP contribution in [0.25, 0.3) is 17.0 Å². The standard InChI is InChI=1S/C9H6N6O3.C3H8/c16-7-6-5(2-10-14-6)12-9(13-7)15-3-4(1-11-15)8(17)18;1-3-2/h1-3H,(H,10,14)(H,17,18)(H,12,13,16);3H2,1-2H3. The Bertz CT molecular complexity index is 816. The Labute approximate surface area is 118 Å². The van der Waals surface area contributed by atoms with Crippen molar-refractivity contribution in [3.8, 4) is 5.95 Å². The van der Waals surface area contributed by atoms with Crippen LogP contribution in [0.5, 0.6) is 0 Å². The second-order valence-corrected chi connectivity index (χ2v) is 4.21. The molecule has 0 saturated carbocycles. The van der Waals surface area contributed by atoms with Crippen LogP contribution in [0, 0.1) is 0 Å². The maximum absolute atomic E-state index is 11.7. The molecular formula is C12H14N6O3. The lowest BCUT2D eigenvalue weighted by Gasteiger charge is -1.98. The Balaban J connectivity index is 0.000000497. The summed E-state index contributed by atoms with van der Waals surface area (Å²) in [6, 6.07) is 0. The fraction of sp³-hybridized carbons (Fsp3) is 0.250. The van der Waals surface area contributed by atoms with Crippen molar-refractivity contribution in [3.63, 3.8) is 0 Å². The Hall–Kier alpha value is -2.97. The van der Waals surface area contributed by atoms with Gasteiger partial charge in [-0.05, 0) is 0 Å². The fourth-order valence-electron chi connectivity index (χ4n) is 1.50. The van der Waals surface area contributed by atoms with Gasteiger partial charge >= 0.3 is 5.97 Å². The molecule has 0 aliphatic heterocycles. The summed E-state index contributed by atoms with van der Waals surface area (Å²) in [6.45, 7) is 4.25. The number of hydrogen-bond donors (Lipinski definition) is 3. The molecule has 0 saturated heterocycles. The van der Waals surface area contributed by atoms with Crippen molar-refractivity contribution in [3.05, 3.63) is 34.5 Å². The van der Waals surface area contributed by atoms with Gasteiger partial charge in [0.1, 0.15) is 11.0 Å². The second-order valence-electron chi connectivity index (χ2n) is 4.21. The summed E-state index contributed by atoms with van der Waals surface area (Å²) in [6.07, 6.45) is 5.07. The van der Waals surface area contributed by atoms with E-state index in [1.54, 1.807) is 0 Å². The number of H-pyrrole nitrogens is 2. The van der Waals surface area contributed by atoms with Crippen LogP contribution in [0.2, 0.25) is 0 Å². The molecule has 0 atom stereocenters. The SMILES string of the molecule is CCC.O=C(O)c1cnn(-c2nc3cn[nH]c3c(=O)[nH]2)c1. The van der Waals surface area contributed by atoms with Crippen LogP contribution in [0.4, 0.5) is 0 Å². The lowest BCUT2D eigenvalue weighted by atomic mass is 10.4. The van der Waals surface area contributed by atoms with Gasteiger partial charge in [0.15, 0.2) is 0 Å². The average Bonchev–Trinajstić information content (AvgIpc) is 3.08. The van der Waals surface area contributed by atoms with Crippen LogP contribution in [0.1, 0.15) is 30.6 Å². The molecular weight excluding hydrogens is 276 g/mol. The predicted octanol–water partition coefficient (Wildman–Crippen LogP) is 0.946. The van der Waals surface area contributed by atoms with E-state index >= 15 is 0 Å². The molecule has 110 valence electrons. The number of aromatic carboxylic acids is 1. The molecule has 21 heavy (non-hydrogen) atoms. The number of rotatable bonds is 2. The number of hydrogen-bond acceptors (Lipinski definition) is 5. The molecule has 0 aliphatic rings. The molecule has 0 amide bonds. The zero-order chi connectivity index (χ0) is 15.4. The van der Waals surface area contributed by atoms with Crippen molar-refractivity contribution in [1.82, 2.24) is 29.9 Å². The lowest BCUT2D eigenvalue weighted by molar-refractivity contribution is 0.0697. The van der Waals surface area contributed by atoms with Gasteiger partial charge in [0.25, 0.3) is 5.56 Å². The maximum atomic E-state index is 11.7. The van der Waals surface area contributed by atoms with E-state index in [-0.39, 0.29) is 17.0 Å². The Morgan fingerprint density at radius 2 is 2.10 bits per heavy atom. The van der Waals surface area contributed by atoms with Gasteiger partial charge in [-0.3, -0.25) is 14.9 Å². The van der Waals surface area contributed by atoms with Gasteiger partial charge in [0.2, 0.25) is 5.95 Å². The van der Waals surface area contributed by atoms with Crippen LogP contribution >= 0.6 is 0 Å². The topological polar surface area (TPSA) is 130 Å². The van der Waals surface area contributed by atoms with Gasteiger partial charge in [0, 0.05) is 6.20 Å². The van der Waals surface area contributed by atoms with Crippen LogP contribution in [0.15, 0.2) is 23.4 Å². The van der Waals surface area contributed by atoms with Crippen LogP contribution in [-0.2, 0) is 0 Å². The Morgan fingerprint density at radius 3 is 2.71 bits per heavy atom. The van der Waals surface area contributed by atoms with Crippen molar-refractivity contribution < 1.29 is 9.90 Å². The quantitative estimate of drug-likeness (QED) is 0.644. The summed E-state index contributed by atoms with van der Waals surface area (Å²) in [5.74, 6) is -0.977. The number of aromatic nitrogens is 6. The zero-order valence-electron chi connectivity index (χ0n) is 11.5. The van der Waals surface area contributed by atoms with Crippen molar-refractivity contribution in [2.24, 2.45) is 0 Å². The summed E-state index contributed by atoms with van der Waals surface area (Å²) >= 11 is 0. The molecule has 9 heteroatoms. The highest BCUT2D eigenvalue weighted by Gasteiger charge is 2.10. The third-order valence-corrected chi connectivity index (χ3v) is 2.34. The minimum atomic E-state index is -1.10. The minimum Gasteiger partial charge on any atom is -0.478 e. The largest absolute Gasteiger partial charge is 0.478 e. The van der Waals surface area contributed by atoms with E-state index in [4.69, 9.17) is 5.11 Å². The van der Waals surface area contributed by atoms with Crippen LogP contribution in [0.3, 0.4) is 0 Å². The molecule has 3 aromatic heterocycles. The van der Waals surface area contributed by atoms with Crippen LogP contribution in [-0.4, -0.2) is 41.0 Å². The molecule has 0 aliphatic carbocycles. The first kappa shape index (κ1) is 14.4. The van der Waals surface area contributed by atoms with Gasteiger partial charge in [-0.1, -0.05) is 20.3 Å². The molecule has 3 heterocycles. The molecule has 3 N–H and O–H groups in total. The molecule has 0 aromatic carbocycles. The molecule has 0 spiro atoms. The Kier molecular flexibility index (Phi) is 4.12. The number of carboxylic acids is 1. The Morgan fingerprint density at radius 1 is 1.38 bits per heavy atom. The van der Waals surface area contributed by atoms with Crippen molar-refractivity contribution in [2.45, 2.75) is 20.3 Å². The number of nitrogens with one attached hydrogen (secondary N) is 2. The fourth-order valence-corrected chi connectivity index (χ4v) is 1.50. The highest BCUT2D eigenvalue weighted by molar-refractivity contribution is 5.86. The number of nitrogens with zero attached hydrogens (tertiary/aromatic N) is 4. The first-order valence-electron chi connectivity index (χ1n) is 6.28. The summed E-state index contributed by atoms with van der Waals surface area (Å²) in [7, 11) is 0. The van der Waals surface area contributed by atoms with Crippen molar-refractivity contribution in [1.29, 1.82) is 0 Å². The number of fused-ring (bicyclic) bond motifs is 1. The summed E-state index contributed by atoms with van der Waals surface area (Å²) in [4.78, 5) is 28.9. The zero-order valence-corrected chi connectivity index (χ0v) is 11.5. The third kappa shape index (κ3) is 2.96. The summed E-state index contributed by atoms with van der Waals surface area (Å²) < 4.78 is 1.18. The lowest BCUT2D eigenvalue weighted by Crippen LogP contribution is -2.13. The highest BCUT2D eigenvalue weighted by Crippen LogP contribution is 2.06. The van der Waals surface area contributed by atoms with Crippen molar-refractivity contribution >= 4 is 17.0 Å². The second kappa shape index (κ2) is 5.99. The molecule has 0 bridgehead atoms. The van der Waals surface area contributed by atoms with Gasteiger partial charge < -0.3 is 5.11 Å². The molecule has 0 fully saturated rings. The molecule has 9 nitrogen and oxygen atoms in total. The van der Waals surface area contributed by atoms with E-state index in [9.17, 15) is 9.59 Å². The smallest absolute Gasteiger partial charge is 0.338 e.